The van der Waals surface area contributed by atoms with Crippen molar-refractivity contribution in [1.82, 2.24) is 15.5 Å². The zero-order valence-electron chi connectivity index (χ0n) is 23.8. The van der Waals surface area contributed by atoms with Crippen molar-refractivity contribution in [2.75, 3.05) is 26.2 Å². The molecule has 0 aromatic heterocycles. The van der Waals surface area contributed by atoms with Gasteiger partial charge in [-0.05, 0) is 41.2 Å². The highest BCUT2D eigenvalue weighted by Gasteiger charge is 2.39. The molecule has 3 aromatic rings. The Balaban J connectivity index is 1.36. The van der Waals surface area contributed by atoms with Gasteiger partial charge in [-0.3, -0.25) is 4.90 Å². The maximum atomic E-state index is 11.9. The van der Waals surface area contributed by atoms with Gasteiger partial charge in [0.2, 0.25) is 0 Å². The lowest BCUT2D eigenvalue weighted by molar-refractivity contribution is -0.276. The van der Waals surface area contributed by atoms with Crippen LogP contribution in [0.3, 0.4) is 0 Å². The fraction of sp³-hybridized carbons (Fsp3) is 0.424. The number of carbonyl (C=O) groups is 1. The number of ether oxygens (including phenoxy) is 2. The molecule has 2 aliphatic rings. The first-order chi connectivity index (χ1) is 19.9. The predicted molar refractivity (Wildman–Crippen MR) is 158 cm³/mol. The molecule has 41 heavy (non-hydrogen) atoms. The molecule has 2 heterocycles. The number of amides is 2. The largest absolute Gasteiger partial charge is 0.392 e. The Morgan fingerprint density at radius 1 is 0.976 bits per heavy atom. The van der Waals surface area contributed by atoms with E-state index in [2.05, 4.69) is 40.7 Å². The molecule has 0 spiro atoms. The van der Waals surface area contributed by atoms with Crippen LogP contribution in [0.5, 0.6) is 0 Å². The summed E-state index contributed by atoms with van der Waals surface area (Å²) in [6.07, 6.45) is -0.305. The third kappa shape index (κ3) is 7.15. The highest BCUT2D eigenvalue weighted by molar-refractivity contribution is 5.74. The third-order valence-electron chi connectivity index (χ3n) is 8.10. The number of carbonyl (C=O) groups excluding carboxylic acids is 1. The quantitative estimate of drug-likeness (QED) is 0.307. The second-order valence-electron chi connectivity index (χ2n) is 11.0. The number of rotatable bonds is 9. The fourth-order valence-corrected chi connectivity index (χ4v) is 5.74. The molecule has 0 saturated carbocycles. The minimum Gasteiger partial charge on any atom is -0.392 e. The van der Waals surface area contributed by atoms with E-state index in [4.69, 9.17) is 9.47 Å². The van der Waals surface area contributed by atoms with E-state index >= 15 is 0 Å². The van der Waals surface area contributed by atoms with E-state index in [1.54, 1.807) is 0 Å². The van der Waals surface area contributed by atoms with Crippen LogP contribution in [-0.2, 0) is 22.6 Å². The van der Waals surface area contributed by atoms with Crippen molar-refractivity contribution >= 4 is 6.03 Å². The molecule has 218 valence electrons. The average Bonchev–Trinajstić information content (AvgIpc) is 3.42. The van der Waals surface area contributed by atoms with Crippen LogP contribution in [0.25, 0.3) is 11.1 Å². The Kier molecular flexibility index (Phi) is 9.69. The smallest absolute Gasteiger partial charge is 0.315 e. The second-order valence-corrected chi connectivity index (χ2v) is 11.0. The number of aliphatic hydroxyl groups is 2. The molecule has 2 fully saturated rings. The fourth-order valence-electron chi connectivity index (χ4n) is 5.74. The van der Waals surface area contributed by atoms with Gasteiger partial charge in [-0.15, -0.1) is 0 Å². The van der Waals surface area contributed by atoms with Gasteiger partial charge >= 0.3 is 6.03 Å². The van der Waals surface area contributed by atoms with Gasteiger partial charge in [0, 0.05) is 44.2 Å². The number of nitrogens with zero attached hydrogens (tertiary/aromatic N) is 1. The first-order valence-electron chi connectivity index (χ1n) is 14.6. The van der Waals surface area contributed by atoms with Crippen molar-refractivity contribution in [3.63, 3.8) is 0 Å². The monoisotopic (exact) mass is 559 g/mol. The number of hydrogen-bond donors (Lipinski definition) is 4. The number of hydrogen-bond acceptors (Lipinski definition) is 6. The molecule has 8 nitrogen and oxygen atoms in total. The summed E-state index contributed by atoms with van der Waals surface area (Å²) in [5.41, 5.74) is 5.99. The van der Waals surface area contributed by atoms with E-state index in [9.17, 15) is 15.0 Å². The minimum atomic E-state index is -0.546. The summed E-state index contributed by atoms with van der Waals surface area (Å²) in [7, 11) is 0. The molecule has 0 bridgehead atoms. The number of likely N-dealkylation sites (tertiary alicyclic amines) is 1. The van der Waals surface area contributed by atoms with Crippen LogP contribution in [0.15, 0.2) is 72.8 Å². The van der Waals surface area contributed by atoms with E-state index < -0.39 is 6.29 Å². The number of urea groups is 1. The summed E-state index contributed by atoms with van der Waals surface area (Å²) in [5.74, 6) is 0.0903. The number of β-amino-alcohol motifs (C(OH)–C–C–N with tert-alkyl or cyclic N) is 1. The Morgan fingerprint density at radius 3 is 2.39 bits per heavy atom. The van der Waals surface area contributed by atoms with Crippen molar-refractivity contribution < 1.29 is 24.5 Å². The normalized spacial score (nSPS) is 24.7. The summed E-state index contributed by atoms with van der Waals surface area (Å²) in [6.45, 7) is 7.32. The van der Waals surface area contributed by atoms with Gasteiger partial charge in [0.15, 0.2) is 6.29 Å². The first-order valence-corrected chi connectivity index (χ1v) is 14.6. The highest BCUT2D eigenvalue weighted by Crippen LogP contribution is 2.42. The minimum absolute atomic E-state index is 0.00445. The topological polar surface area (TPSA) is 103 Å². The van der Waals surface area contributed by atoms with Gasteiger partial charge in [-0.2, -0.15) is 0 Å². The average molecular weight is 560 g/mol. The second kappa shape index (κ2) is 13.6. The predicted octanol–water partition coefficient (Wildman–Crippen LogP) is 4.52. The van der Waals surface area contributed by atoms with Gasteiger partial charge in [-0.25, -0.2) is 4.79 Å². The molecule has 5 rings (SSSR count). The van der Waals surface area contributed by atoms with Gasteiger partial charge in [0.1, 0.15) is 0 Å². The van der Waals surface area contributed by atoms with Crippen LogP contribution in [0.2, 0.25) is 0 Å². The van der Waals surface area contributed by atoms with E-state index in [1.807, 2.05) is 61.5 Å². The van der Waals surface area contributed by atoms with Crippen molar-refractivity contribution in [3.05, 3.63) is 95.1 Å². The Bertz CT molecular complexity index is 1280. The van der Waals surface area contributed by atoms with Crippen molar-refractivity contribution in [1.29, 1.82) is 0 Å². The van der Waals surface area contributed by atoms with E-state index in [1.165, 1.54) is 0 Å². The Hall–Kier alpha value is -3.27. The molecule has 2 saturated heterocycles. The lowest BCUT2D eigenvalue weighted by atomic mass is 9.90. The summed E-state index contributed by atoms with van der Waals surface area (Å²) in [4.78, 5) is 14.2. The number of benzene rings is 3. The SMILES string of the molecule is CCNC(=O)NCc1ccccc1-c1ccc(C2OC(CN3CCC(O)C3)C(C)C(c3ccc(CO)cc3)O2)cc1. The Labute approximate surface area is 242 Å². The molecule has 8 heteroatoms. The molecule has 0 aliphatic carbocycles. The van der Waals surface area contributed by atoms with Crippen LogP contribution < -0.4 is 10.6 Å². The standard InChI is InChI=1S/C33H41N3O5/c1-3-34-33(39)35-18-27-6-4-5-7-29(27)24-12-14-26(15-13-24)32-40-30(20-36-17-16-28(38)19-36)22(2)31(41-32)25-10-8-23(21-37)9-11-25/h4-15,22,28,30-32,37-38H,3,16-21H2,1-2H3,(H2,34,35,39). The van der Waals surface area contributed by atoms with Gasteiger partial charge in [0.05, 0.1) is 24.9 Å². The lowest BCUT2D eigenvalue weighted by Crippen LogP contribution is -2.44. The summed E-state index contributed by atoms with van der Waals surface area (Å²) in [5, 5.41) is 25.3. The molecule has 3 aromatic carbocycles. The number of nitrogens with one attached hydrogen (secondary N) is 2. The molecule has 4 N–H and O–H groups in total. The van der Waals surface area contributed by atoms with Crippen molar-refractivity contribution in [3.8, 4) is 11.1 Å². The third-order valence-corrected chi connectivity index (χ3v) is 8.10. The summed E-state index contributed by atoms with van der Waals surface area (Å²) >= 11 is 0. The van der Waals surface area contributed by atoms with Crippen LogP contribution in [0, 0.1) is 5.92 Å². The van der Waals surface area contributed by atoms with Crippen LogP contribution in [-0.4, -0.2) is 59.5 Å². The zero-order chi connectivity index (χ0) is 28.8. The van der Waals surface area contributed by atoms with E-state index in [0.717, 1.165) is 52.9 Å². The Morgan fingerprint density at radius 2 is 1.71 bits per heavy atom. The molecular weight excluding hydrogens is 518 g/mol. The molecule has 5 unspecified atom stereocenters. The van der Waals surface area contributed by atoms with Gasteiger partial charge in [-0.1, -0.05) is 79.7 Å². The maximum Gasteiger partial charge on any atom is 0.315 e. The molecule has 2 amide bonds. The number of aliphatic hydroxyl groups excluding tert-OH is 2. The summed E-state index contributed by atoms with van der Waals surface area (Å²) in [6, 6.07) is 24.1. The van der Waals surface area contributed by atoms with E-state index in [-0.39, 0.29) is 36.9 Å². The molecule has 5 atom stereocenters. The maximum absolute atomic E-state index is 11.9. The van der Waals surface area contributed by atoms with Crippen LogP contribution >= 0.6 is 0 Å². The molecular formula is C33H41N3O5. The van der Waals surface area contributed by atoms with Crippen molar-refractivity contribution in [2.45, 2.75) is 58.0 Å². The summed E-state index contributed by atoms with van der Waals surface area (Å²) < 4.78 is 13.2. The first kappa shape index (κ1) is 29.2. The lowest BCUT2D eigenvalue weighted by Gasteiger charge is -2.42. The van der Waals surface area contributed by atoms with Gasteiger partial charge < -0.3 is 30.3 Å². The van der Waals surface area contributed by atoms with Gasteiger partial charge in [0.25, 0.3) is 0 Å². The van der Waals surface area contributed by atoms with Crippen LogP contribution in [0.1, 0.15) is 54.9 Å². The zero-order valence-corrected chi connectivity index (χ0v) is 23.8. The van der Waals surface area contributed by atoms with E-state index in [0.29, 0.717) is 19.6 Å². The van der Waals surface area contributed by atoms with Crippen LogP contribution in [0.4, 0.5) is 4.79 Å². The molecule has 2 aliphatic heterocycles. The molecule has 0 radical (unpaired) electrons. The highest BCUT2D eigenvalue weighted by atomic mass is 16.7. The van der Waals surface area contributed by atoms with Crippen molar-refractivity contribution in [2.24, 2.45) is 5.92 Å².